The fourth-order valence-electron chi connectivity index (χ4n) is 0.565. The average molecular weight is 152 g/mol. The van der Waals surface area contributed by atoms with Crippen LogP contribution in [0.25, 0.3) is 0 Å². The van der Waals surface area contributed by atoms with E-state index in [9.17, 15) is 0 Å². The van der Waals surface area contributed by atoms with Gasteiger partial charge in [0.25, 0.3) is 0 Å². The van der Waals surface area contributed by atoms with Crippen LogP contribution in [0.1, 0.15) is 11.3 Å². The summed E-state index contributed by atoms with van der Waals surface area (Å²) in [6.07, 6.45) is 2.06. The maximum Gasteiger partial charge on any atom is 0.204 e. The lowest BCUT2D eigenvalue weighted by molar-refractivity contribution is -0.106. The van der Waals surface area contributed by atoms with Crippen molar-refractivity contribution in [2.45, 2.75) is 13.8 Å². The lowest BCUT2D eigenvalue weighted by atomic mass is 10.2. The molecule has 0 atom stereocenters. The fourth-order valence-corrected chi connectivity index (χ4v) is 0.565. The third-order valence-electron chi connectivity index (χ3n) is 1.27. The van der Waals surface area contributed by atoms with E-state index in [1.165, 1.54) is 5.56 Å². The molecule has 2 N–H and O–H groups in total. The Bertz CT molecular complexity index is 202. The number of aromatic nitrogens is 1. The molecule has 0 saturated heterocycles. The molecule has 0 saturated carbocycles. The zero-order valence-corrected chi connectivity index (χ0v) is 6.74. The second-order valence-electron chi connectivity index (χ2n) is 2.04. The summed E-state index contributed by atoms with van der Waals surface area (Å²) in [6, 6.07) is 4.00. The first-order chi connectivity index (χ1) is 5.22. The molecule has 11 heavy (non-hydrogen) atoms. The Hall–Kier alpha value is -1.38. The zero-order valence-electron chi connectivity index (χ0n) is 6.74. The quantitative estimate of drug-likeness (QED) is 0.559. The van der Waals surface area contributed by atoms with Crippen molar-refractivity contribution in [2.24, 2.45) is 5.73 Å². The monoisotopic (exact) mass is 152 g/mol. The highest BCUT2D eigenvalue weighted by Gasteiger charge is 1.85. The molecule has 0 spiro atoms. The highest BCUT2D eigenvalue weighted by atomic mass is 16.1. The molecule has 1 amide bonds. The van der Waals surface area contributed by atoms with Gasteiger partial charge in [-0.15, -0.1) is 0 Å². The minimum atomic E-state index is 0.250. The second-order valence-corrected chi connectivity index (χ2v) is 2.04. The predicted molar refractivity (Wildman–Crippen MR) is 44.0 cm³/mol. The summed E-state index contributed by atoms with van der Waals surface area (Å²) in [5.41, 5.74) is 6.54. The van der Waals surface area contributed by atoms with Gasteiger partial charge >= 0.3 is 0 Å². The summed E-state index contributed by atoms with van der Waals surface area (Å²) in [4.78, 5) is 12.7. The number of rotatable bonds is 0. The Morgan fingerprint density at radius 2 is 2.09 bits per heavy atom. The number of primary amides is 1. The molecule has 0 aromatic carbocycles. The first-order valence-corrected chi connectivity index (χ1v) is 3.26. The molecule has 3 nitrogen and oxygen atoms in total. The van der Waals surface area contributed by atoms with E-state index >= 15 is 0 Å². The van der Waals surface area contributed by atoms with Crippen molar-refractivity contribution < 1.29 is 4.79 Å². The Balaban J connectivity index is 0.000000292. The molecule has 1 rings (SSSR count). The molecule has 0 aliphatic carbocycles. The molecule has 1 heterocycles. The number of carbonyl (C=O) groups excluding carboxylic acids is 1. The second kappa shape index (κ2) is 5.41. The Morgan fingerprint density at radius 1 is 1.55 bits per heavy atom. The van der Waals surface area contributed by atoms with Gasteiger partial charge in [0.1, 0.15) is 0 Å². The molecule has 1 aromatic rings. The number of pyridine rings is 1. The SMILES string of the molecule is Cc1cccnc1C.NC=O. The van der Waals surface area contributed by atoms with Crippen molar-refractivity contribution in [3.63, 3.8) is 0 Å². The van der Waals surface area contributed by atoms with Crippen LogP contribution in [0.15, 0.2) is 18.3 Å². The lowest BCUT2D eigenvalue weighted by Gasteiger charge is -1.92. The molecular formula is C8H12N2O. The van der Waals surface area contributed by atoms with Crippen molar-refractivity contribution in [2.75, 3.05) is 0 Å². The summed E-state index contributed by atoms with van der Waals surface area (Å²) in [7, 11) is 0. The van der Waals surface area contributed by atoms with Crippen LogP contribution in [-0.4, -0.2) is 11.4 Å². The van der Waals surface area contributed by atoms with E-state index in [1.807, 2.05) is 19.2 Å². The molecule has 0 bridgehead atoms. The van der Waals surface area contributed by atoms with Crippen LogP contribution >= 0.6 is 0 Å². The van der Waals surface area contributed by atoms with E-state index in [2.05, 4.69) is 23.7 Å². The van der Waals surface area contributed by atoms with Crippen LogP contribution in [0.3, 0.4) is 0 Å². The number of carbonyl (C=O) groups is 1. The van der Waals surface area contributed by atoms with Gasteiger partial charge < -0.3 is 5.73 Å². The Kier molecular flexibility index (Phi) is 4.73. The first-order valence-electron chi connectivity index (χ1n) is 3.26. The van der Waals surface area contributed by atoms with Crippen LogP contribution in [-0.2, 0) is 4.79 Å². The molecule has 0 aliphatic heterocycles. The van der Waals surface area contributed by atoms with Gasteiger partial charge in [-0.3, -0.25) is 9.78 Å². The van der Waals surface area contributed by atoms with Crippen molar-refractivity contribution in [1.29, 1.82) is 0 Å². The minimum absolute atomic E-state index is 0.250. The van der Waals surface area contributed by atoms with Gasteiger partial charge in [-0.25, -0.2) is 0 Å². The van der Waals surface area contributed by atoms with E-state index in [1.54, 1.807) is 0 Å². The molecule has 0 radical (unpaired) electrons. The molecule has 0 unspecified atom stereocenters. The Labute approximate surface area is 66.3 Å². The minimum Gasteiger partial charge on any atom is -0.372 e. The van der Waals surface area contributed by atoms with Gasteiger partial charge in [0.05, 0.1) is 0 Å². The highest BCUT2D eigenvalue weighted by molar-refractivity contribution is 5.42. The van der Waals surface area contributed by atoms with E-state index in [0.717, 1.165) is 5.69 Å². The van der Waals surface area contributed by atoms with E-state index in [0.29, 0.717) is 0 Å². The number of nitrogens with two attached hydrogens (primary N) is 1. The van der Waals surface area contributed by atoms with Gasteiger partial charge in [-0.2, -0.15) is 0 Å². The van der Waals surface area contributed by atoms with Crippen LogP contribution in [0.5, 0.6) is 0 Å². The highest BCUT2D eigenvalue weighted by Crippen LogP contribution is 1.98. The standard InChI is InChI=1S/C7H9N.CH3NO/c1-6-4-3-5-8-7(6)2;2-1-3/h3-5H,1-2H3;1H,(H2,2,3). The van der Waals surface area contributed by atoms with Crippen LogP contribution < -0.4 is 5.73 Å². The first kappa shape index (κ1) is 9.62. The largest absolute Gasteiger partial charge is 0.372 e. The smallest absolute Gasteiger partial charge is 0.204 e. The fraction of sp³-hybridized carbons (Fsp3) is 0.250. The normalized spacial score (nSPS) is 7.82. The van der Waals surface area contributed by atoms with Crippen molar-refractivity contribution in [3.8, 4) is 0 Å². The summed E-state index contributed by atoms with van der Waals surface area (Å²) in [5.74, 6) is 0. The van der Waals surface area contributed by atoms with Crippen molar-refractivity contribution >= 4 is 6.41 Å². The predicted octanol–water partition coefficient (Wildman–Crippen LogP) is 0.800. The van der Waals surface area contributed by atoms with Crippen molar-refractivity contribution in [1.82, 2.24) is 4.98 Å². The van der Waals surface area contributed by atoms with Crippen LogP contribution in [0.4, 0.5) is 0 Å². The third-order valence-corrected chi connectivity index (χ3v) is 1.27. The number of amides is 1. The molecule has 0 fully saturated rings. The maximum atomic E-state index is 8.58. The molecule has 3 heteroatoms. The molecule has 0 aliphatic rings. The Morgan fingerprint density at radius 3 is 2.36 bits per heavy atom. The van der Waals surface area contributed by atoms with E-state index in [4.69, 9.17) is 4.79 Å². The van der Waals surface area contributed by atoms with Gasteiger partial charge in [0.2, 0.25) is 6.41 Å². The van der Waals surface area contributed by atoms with E-state index < -0.39 is 0 Å². The summed E-state index contributed by atoms with van der Waals surface area (Å²) < 4.78 is 0. The van der Waals surface area contributed by atoms with Gasteiger partial charge in [0, 0.05) is 11.9 Å². The lowest BCUT2D eigenvalue weighted by Crippen LogP contribution is -1.82. The van der Waals surface area contributed by atoms with Gasteiger partial charge in [-0.05, 0) is 25.5 Å². The summed E-state index contributed by atoms with van der Waals surface area (Å²) in [6.45, 7) is 4.07. The number of hydrogen-bond acceptors (Lipinski definition) is 2. The number of nitrogens with zero attached hydrogens (tertiary/aromatic N) is 1. The van der Waals surface area contributed by atoms with E-state index in [-0.39, 0.29) is 6.41 Å². The zero-order chi connectivity index (χ0) is 8.69. The van der Waals surface area contributed by atoms with Gasteiger partial charge in [-0.1, -0.05) is 6.07 Å². The van der Waals surface area contributed by atoms with Crippen LogP contribution in [0, 0.1) is 13.8 Å². The topological polar surface area (TPSA) is 56.0 Å². The average Bonchev–Trinajstić information content (AvgIpc) is 1.97. The van der Waals surface area contributed by atoms with Crippen molar-refractivity contribution in [3.05, 3.63) is 29.6 Å². The maximum absolute atomic E-state index is 8.58. The third kappa shape index (κ3) is 4.08. The molecule has 1 aromatic heterocycles. The molecular weight excluding hydrogens is 140 g/mol. The molecule has 60 valence electrons. The summed E-state index contributed by atoms with van der Waals surface area (Å²) in [5, 5.41) is 0. The van der Waals surface area contributed by atoms with Crippen LogP contribution in [0.2, 0.25) is 0 Å². The number of aryl methyl sites for hydroxylation is 2. The summed E-state index contributed by atoms with van der Waals surface area (Å²) >= 11 is 0. The number of hydrogen-bond donors (Lipinski definition) is 1. The van der Waals surface area contributed by atoms with Gasteiger partial charge in [0.15, 0.2) is 0 Å².